The molecule has 1 unspecified atom stereocenters. The average molecular weight is 1330 g/mol. The molecule has 0 spiro atoms. The van der Waals surface area contributed by atoms with Crippen molar-refractivity contribution in [3.63, 3.8) is 0 Å². The number of Topliss-reactive ketones (excluding diaryl/α,β-unsaturated/α-hetero) is 1. The number of methoxy groups -OCH3 is 2. The van der Waals surface area contributed by atoms with Crippen LogP contribution in [0.4, 0.5) is 11.4 Å². The summed E-state index contributed by atoms with van der Waals surface area (Å²) in [6.07, 6.45) is -2.42. The van der Waals surface area contributed by atoms with Gasteiger partial charge in [-0.1, -0.05) is 29.4 Å². The summed E-state index contributed by atoms with van der Waals surface area (Å²) >= 11 is 0. The van der Waals surface area contributed by atoms with E-state index in [-0.39, 0.29) is 81.8 Å². The maximum atomic E-state index is 13.8. The summed E-state index contributed by atoms with van der Waals surface area (Å²) in [5, 5.41) is 44.9. The second-order valence-corrected chi connectivity index (χ2v) is 25.8. The third-order valence-corrected chi connectivity index (χ3v) is 17.4. The van der Waals surface area contributed by atoms with Gasteiger partial charge < -0.3 is 75.9 Å². The number of carbonyl (C=O) groups excluding carboxylic acids is 1. The smallest absolute Gasteiger partial charge is 0.493 e. The number of quaternary nitrogens is 1. The first-order valence-electron chi connectivity index (χ1n) is 31.4. The van der Waals surface area contributed by atoms with Crippen molar-refractivity contribution in [1.29, 1.82) is 0 Å². The van der Waals surface area contributed by atoms with Gasteiger partial charge in [0.15, 0.2) is 40.3 Å². The van der Waals surface area contributed by atoms with Gasteiger partial charge in [0.1, 0.15) is 56.5 Å². The quantitative estimate of drug-likeness (QED) is 0.00599. The molecule has 5 aromatic rings. The minimum atomic E-state index is -4.99. The van der Waals surface area contributed by atoms with E-state index < -0.39 is 59.2 Å². The molecular formula is C68H83N8O18S+. The number of ether oxygens (including phenoxy) is 9. The second-order valence-electron chi connectivity index (χ2n) is 24.7. The average Bonchev–Trinajstić information content (AvgIpc) is 1.68. The van der Waals surface area contributed by atoms with Crippen LogP contribution >= 0.6 is 0 Å². The number of hydrogen-bond donors (Lipinski definition) is 4. The molecule has 5 aliphatic rings. The zero-order chi connectivity index (χ0) is 67.2. The Labute approximate surface area is 552 Å². The maximum absolute atomic E-state index is 13.8. The highest BCUT2D eigenvalue weighted by molar-refractivity contribution is 7.82. The third-order valence-electron chi connectivity index (χ3n) is 16.7. The number of benzene rings is 5. The van der Waals surface area contributed by atoms with E-state index in [1.807, 2.05) is 36.7 Å². The Hall–Kier alpha value is -7.99. The summed E-state index contributed by atoms with van der Waals surface area (Å²) in [7, 11) is 2.43. The molecule has 95 heavy (non-hydrogen) atoms. The van der Waals surface area contributed by atoms with Crippen molar-refractivity contribution in [2.75, 3.05) is 94.2 Å². The van der Waals surface area contributed by atoms with Gasteiger partial charge in [0.05, 0.1) is 79.3 Å². The van der Waals surface area contributed by atoms with Crippen molar-refractivity contribution in [2.45, 2.75) is 108 Å². The van der Waals surface area contributed by atoms with Crippen LogP contribution in [-0.4, -0.2) is 198 Å². The molecule has 5 heterocycles. The molecule has 0 saturated carbocycles. The summed E-state index contributed by atoms with van der Waals surface area (Å²) in [5.41, 5.74) is 18.1. The number of aliphatic hydroxyl groups excluding tert-OH is 4. The number of aliphatic imine (C=N–C) groups is 2. The van der Waals surface area contributed by atoms with Crippen LogP contribution < -0.4 is 32.1 Å². The van der Waals surface area contributed by atoms with Crippen molar-refractivity contribution in [2.24, 2.45) is 15.1 Å². The summed E-state index contributed by atoms with van der Waals surface area (Å²) in [5.74, 6) is 0.925. The van der Waals surface area contributed by atoms with Crippen molar-refractivity contribution in [1.82, 2.24) is 9.80 Å². The topological polar surface area (TPSA) is 314 Å². The van der Waals surface area contributed by atoms with Gasteiger partial charge in [-0.2, -0.15) is 0 Å². The Bertz CT molecular complexity index is 3650. The van der Waals surface area contributed by atoms with Gasteiger partial charge in [-0.05, 0) is 120 Å². The van der Waals surface area contributed by atoms with E-state index in [0.717, 1.165) is 76.8 Å². The van der Waals surface area contributed by atoms with Gasteiger partial charge in [0, 0.05) is 104 Å². The van der Waals surface area contributed by atoms with E-state index in [9.17, 15) is 33.6 Å². The van der Waals surface area contributed by atoms with Crippen LogP contribution in [0.2, 0.25) is 0 Å². The van der Waals surface area contributed by atoms with Crippen LogP contribution in [0.1, 0.15) is 69.4 Å². The summed E-state index contributed by atoms with van der Waals surface area (Å²) in [6.45, 7) is 14.0. The summed E-state index contributed by atoms with van der Waals surface area (Å²) in [4.78, 5) is 30.7. The molecule has 3 fully saturated rings. The molecule has 4 N–H and O–H groups in total. The number of nitrogens with zero attached hydrogens (tertiary/aromatic N) is 8. The first-order chi connectivity index (χ1) is 45.8. The molecule has 508 valence electrons. The SMILES string of the molecule is C=C1C[C@H]2C=Nc3cc(OCc4cc(COc5cc6c(cc5OC)CN5CC(=C)C[C@H]5C=N6)cc(C[N+](C)(C)Cc5ccc(OS(=O)(=O)Oc6cc(C(=O)CCCOCCOCCOCCN=[N+]=[N-])ccc6OC6O[C@H](CO)[C@H](O)[C@H](O)[C@H]6O)cc5)c4)c(OC)cc3CN2C1. The summed E-state index contributed by atoms with van der Waals surface area (Å²) < 4.78 is 91.7. The molecule has 5 aliphatic heterocycles. The number of rotatable bonds is 33. The molecule has 27 heteroatoms. The number of aliphatic hydroxyl groups is 4. The van der Waals surface area contributed by atoms with Gasteiger partial charge >= 0.3 is 10.4 Å². The predicted molar refractivity (Wildman–Crippen MR) is 350 cm³/mol. The van der Waals surface area contributed by atoms with Crippen LogP contribution in [-0.2, 0) is 68.7 Å². The van der Waals surface area contributed by atoms with Crippen molar-refractivity contribution in [3.8, 4) is 40.2 Å². The number of hydrogen-bond acceptors (Lipinski definition) is 23. The highest BCUT2D eigenvalue weighted by atomic mass is 32.3. The standard InChI is InChI=1S/C68H83N8O18S/c1-43-22-52-32-70-55-30-61(59(84-5)28-50(55)36-74(52)34-43)89-41-47-24-46(25-48(26-47)42-90-62-31-56-51(29-60(62)85-6)37-75-35-44(2)23-53(75)33-71-56)39-76(3,4)38-45-9-12-54(13-10-45)93-95(82,83)94-63-27-49(11-14-58(63)91-68-67(81)66(80)65(79)64(40-77)92-68)57(78)8-7-16-86-18-20-88-21-19-87-17-15-72-73-69/h9-14,24-33,52-53,64-68,77,79-81H,1-2,7-8,15-23,34-42H2,3-6H3/q+1/t52-,53-,64+,65-,66-,67+,68?/m0/s1. The van der Waals surface area contributed by atoms with Gasteiger partial charge in [-0.25, -0.2) is 0 Å². The molecular weight excluding hydrogens is 1250 g/mol. The Kier molecular flexibility index (Phi) is 23.6. The Balaban J connectivity index is 0.816. The Morgan fingerprint density at radius 2 is 1.22 bits per heavy atom. The Morgan fingerprint density at radius 1 is 0.663 bits per heavy atom. The van der Waals surface area contributed by atoms with Crippen LogP contribution in [0.3, 0.4) is 0 Å². The lowest BCUT2D eigenvalue weighted by Gasteiger charge is -2.39. The molecule has 5 aromatic carbocycles. The fraction of sp³-hybridized carbons (Fsp3) is 0.456. The molecule has 0 amide bonds. The lowest BCUT2D eigenvalue weighted by molar-refractivity contribution is -0.916. The fourth-order valence-corrected chi connectivity index (χ4v) is 12.8. The molecule has 0 bridgehead atoms. The molecule has 0 aromatic heterocycles. The Morgan fingerprint density at radius 3 is 1.79 bits per heavy atom. The largest absolute Gasteiger partial charge is 0.501 e. The zero-order valence-corrected chi connectivity index (χ0v) is 54.6. The minimum Gasteiger partial charge on any atom is -0.493 e. The van der Waals surface area contributed by atoms with Gasteiger partial charge in [0.25, 0.3) is 0 Å². The zero-order valence-electron chi connectivity index (χ0n) is 53.8. The third kappa shape index (κ3) is 18.7. The normalized spacial score (nSPS) is 20.9. The molecule has 0 radical (unpaired) electrons. The minimum absolute atomic E-state index is 0.00518. The lowest BCUT2D eigenvalue weighted by Crippen LogP contribution is -2.60. The number of fused-ring (bicyclic) bond motifs is 4. The van der Waals surface area contributed by atoms with Crippen molar-refractivity contribution >= 4 is 40.0 Å². The van der Waals surface area contributed by atoms with Crippen LogP contribution in [0.25, 0.3) is 10.4 Å². The van der Waals surface area contributed by atoms with Crippen LogP contribution in [0, 0.1) is 0 Å². The first-order valence-corrected chi connectivity index (χ1v) is 32.7. The van der Waals surface area contributed by atoms with E-state index >= 15 is 0 Å². The second kappa shape index (κ2) is 32.2. The van der Waals surface area contributed by atoms with Crippen molar-refractivity contribution in [3.05, 3.63) is 159 Å². The van der Waals surface area contributed by atoms with E-state index in [4.69, 9.17) is 66.5 Å². The molecule has 26 nitrogen and oxygen atoms in total. The monoisotopic (exact) mass is 1330 g/mol. The highest BCUT2D eigenvalue weighted by Gasteiger charge is 2.45. The van der Waals surface area contributed by atoms with E-state index in [1.165, 1.54) is 35.4 Å². The summed E-state index contributed by atoms with van der Waals surface area (Å²) in [6, 6.07) is 24.7. The van der Waals surface area contributed by atoms with Crippen molar-refractivity contribution < 1.29 is 89.1 Å². The molecule has 3 saturated heterocycles. The number of carbonyl (C=O) groups is 1. The predicted octanol–water partition coefficient (Wildman–Crippen LogP) is 7.54. The first kappa shape index (κ1) is 69.8. The van der Waals surface area contributed by atoms with Gasteiger partial charge in [-0.15, -0.1) is 8.42 Å². The lowest BCUT2D eigenvalue weighted by atomic mass is 9.99. The molecule has 0 aliphatic carbocycles. The highest BCUT2D eigenvalue weighted by Crippen LogP contribution is 2.42. The van der Waals surface area contributed by atoms with Gasteiger partial charge in [0.2, 0.25) is 6.29 Å². The van der Waals surface area contributed by atoms with E-state index in [2.05, 4.69) is 65.3 Å². The van der Waals surface area contributed by atoms with Crippen LogP contribution in [0.15, 0.2) is 124 Å². The van der Waals surface area contributed by atoms with E-state index in [0.29, 0.717) is 73.3 Å². The number of azide groups is 1. The number of ketones is 1. The van der Waals surface area contributed by atoms with Gasteiger partial charge in [-0.3, -0.25) is 24.6 Å². The fourth-order valence-electron chi connectivity index (χ4n) is 12.1. The molecule has 10 rings (SSSR count). The van der Waals surface area contributed by atoms with Crippen LogP contribution in [0.5, 0.6) is 40.2 Å². The maximum Gasteiger partial charge on any atom is 0.501 e. The van der Waals surface area contributed by atoms with E-state index in [1.54, 1.807) is 26.4 Å². The molecule has 7 atom stereocenters.